The van der Waals surface area contributed by atoms with E-state index in [2.05, 4.69) is 0 Å². The van der Waals surface area contributed by atoms with Crippen molar-refractivity contribution in [3.8, 4) is 0 Å². The number of rotatable bonds is 3. The van der Waals surface area contributed by atoms with E-state index in [0.717, 1.165) is 0 Å². The molecule has 0 bridgehead atoms. The Kier molecular flexibility index (Phi) is 3.27. The Balaban J connectivity index is 4.41. The molecule has 1 unspecified atom stereocenters. The third kappa shape index (κ3) is 2.31. The zero-order valence-electron chi connectivity index (χ0n) is 6.74. The van der Waals surface area contributed by atoms with E-state index < -0.39 is 17.0 Å². The second kappa shape index (κ2) is 3.37. The average molecular weight is 146 g/mol. The molecule has 54 valence electrons. The second-order valence-electron chi connectivity index (χ2n) is 2.97. The fourth-order valence-corrected chi connectivity index (χ4v) is 0.573. The summed E-state index contributed by atoms with van der Waals surface area (Å²) in [5.74, 6) is -2.57. The molecule has 0 aliphatic rings. The Hall–Kier alpha value is -0.335. The second-order valence-corrected chi connectivity index (χ2v) is 2.97. The van der Waals surface area contributed by atoms with Gasteiger partial charge in [0.1, 0.15) is 0 Å². The molecule has 0 aromatic rings. The van der Waals surface area contributed by atoms with Gasteiger partial charge in [-0.3, -0.25) is 4.79 Å². The van der Waals surface area contributed by atoms with Crippen molar-refractivity contribution in [2.24, 2.45) is 5.92 Å². The zero-order chi connectivity index (χ0) is 9.23. The summed E-state index contributed by atoms with van der Waals surface area (Å²) in [7, 11) is 16.2. The summed E-state index contributed by atoms with van der Waals surface area (Å²) in [5, 5.41) is 7.14. The molecule has 0 aliphatic carbocycles. The number of carboxylic acid groups (broad SMARTS) is 1. The molecule has 0 rings (SSSR count). The van der Waals surface area contributed by atoms with Gasteiger partial charge < -0.3 is 5.11 Å². The van der Waals surface area contributed by atoms with Gasteiger partial charge in [0.15, 0.2) is 0 Å². The molecule has 0 fully saturated rings. The molecular weight excluding hydrogens is 136 g/mol. The van der Waals surface area contributed by atoms with E-state index in [4.69, 9.17) is 28.6 Å². The van der Waals surface area contributed by atoms with Gasteiger partial charge in [0.05, 0.1) is 23.5 Å². The molecule has 1 N–H and O–H groups in total. The van der Waals surface area contributed by atoms with Gasteiger partial charge in [-0.2, -0.15) is 0 Å². The first-order chi connectivity index (χ1) is 4.80. The van der Waals surface area contributed by atoms with Gasteiger partial charge in [0.2, 0.25) is 0 Å². The van der Waals surface area contributed by atoms with Crippen molar-refractivity contribution in [1.29, 1.82) is 0 Å². The lowest BCUT2D eigenvalue weighted by Crippen LogP contribution is -2.30. The fourth-order valence-electron chi connectivity index (χ4n) is 0.573. The van der Waals surface area contributed by atoms with E-state index in [0.29, 0.717) is 0 Å². The van der Waals surface area contributed by atoms with E-state index in [1.165, 1.54) is 0 Å². The van der Waals surface area contributed by atoms with E-state index in [1.54, 1.807) is 13.8 Å². The van der Waals surface area contributed by atoms with Crippen LogP contribution in [-0.4, -0.2) is 34.6 Å². The quantitative estimate of drug-likeness (QED) is 0.574. The Morgan fingerprint density at radius 1 is 1.45 bits per heavy atom. The van der Waals surface area contributed by atoms with E-state index in [1.807, 2.05) is 0 Å². The third-order valence-electron chi connectivity index (χ3n) is 1.80. The number of hydrogen-bond donors (Lipinski definition) is 1. The summed E-state index contributed by atoms with van der Waals surface area (Å²) in [6.07, 6.45) is 0. The maximum absolute atomic E-state index is 10.4. The van der Waals surface area contributed by atoms with Crippen molar-refractivity contribution in [3.63, 3.8) is 0 Å². The smallest absolute Gasteiger partial charge is 0.296 e. The number of carbonyl (C=O) groups is 1. The average Bonchev–Trinajstić information content (AvgIpc) is 1.85. The van der Waals surface area contributed by atoms with Gasteiger partial charge in [-0.1, -0.05) is 25.0 Å². The lowest BCUT2D eigenvalue weighted by molar-refractivity contribution is -0.137. The molecule has 0 saturated heterocycles. The molecule has 0 spiro atoms. The minimum Gasteiger partial charge on any atom is -0.482 e. The minimum atomic E-state index is -1.34. The monoisotopic (exact) mass is 146 g/mol. The maximum atomic E-state index is 10.4. The van der Waals surface area contributed by atoms with Crippen LogP contribution in [0.3, 0.4) is 0 Å². The van der Waals surface area contributed by atoms with Crippen LogP contribution in [0.25, 0.3) is 0 Å². The lowest BCUT2D eigenvalue weighted by atomic mass is 9.39. The molecule has 5 heteroatoms. The Labute approximate surface area is 71.0 Å². The van der Waals surface area contributed by atoms with Crippen LogP contribution in [0.1, 0.15) is 13.8 Å². The Bertz CT molecular complexity index is 156. The van der Waals surface area contributed by atoms with Crippen molar-refractivity contribution in [2.45, 2.75) is 24.9 Å². The van der Waals surface area contributed by atoms with Crippen LogP contribution in [0.5, 0.6) is 0 Å². The van der Waals surface area contributed by atoms with E-state index in [-0.39, 0.29) is 5.92 Å². The summed E-state index contributed by atoms with van der Waals surface area (Å²) in [6.45, 7) is 3.45. The number of hydrogen-bond acceptors (Lipinski definition) is 1. The molecule has 0 aromatic heterocycles. The van der Waals surface area contributed by atoms with Crippen LogP contribution < -0.4 is 0 Å². The first-order valence-corrected chi connectivity index (χ1v) is 3.36. The topological polar surface area (TPSA) is 37.3 Å². The van der Waals surface area contributed by atoms with Crippen molar-refractivity contribution in [2.75, 3.05) is 0 Å². The molecule has 0 saturated carbocycles. The van der Waals surface area contributed by atoms with Gasteiger partial charge in [0, 0.05) is 5.82 Å². The predicted octanol–water partition coefficient (Wildman–Crippen LogP) is 0.137. The highest BCUT2D eigenvalue weighted by atomic mass is 16.4. The van der Waals surface area contributed by atoms with Gasteiger partial charge in [-0.05, 0) is 0 Å². The van der Waals surface area contributed by atoms with E-state index in [9.17, 15) is 4.79 Å². The van der Waals surface area contributed by atoms with E-state index >= 15 is 0 Å². The van der Waals surface area contributed by atoms with Crippen LogP contribution in [0, 0.1) is 5.92 Å². The Morgan fingerprint density at radius 3 is 1.91 bits per heavy atom. The molecule has 0 aliphatic heterocycles. The highest BCUT2D eigenvalue weighted by molar-refractivity contribution is 6.47. The van der Waals surface area contributed by atoms with Crippen LogP contribution in [0.15, 0.2) is 0 Å². The minimum absolute atomic E-state index is 0.173. The predicted molar refractivity (Wildman–Crippen MR) is 46.2 cm³/mol. The van der Waals surface area contributed by atoms with Crippen molar-refractivity contribution >= 4 is 29.5 Å². The van der Waals surface area contributed by atoms with Crippen molar-refractivity contribution in [1.82, 2.24) is 0 Å². The molecule has 0 amide bonds. The normalized spacial score (nSPS) is 14.8. The molecule has 0 aromatic carbocycles. The van der Waals surface area contributed by atoms with Crippen molar-refractivity contribution in [3.05, 3.63) is 0 Å². The van der Waals surface area contributed by atoms with Gasteiger partial charge in [0.25, 0.3) is 5.97 Å². The number of aliphatic carboxylic acids is 1. The first kappa shape index (κ1) is 10.7. The fraction of sp³-hybridized carbons (Fsp3) is 0.833. The maximum Gasteiger partial charge on any atom is 0.296 e. The molecule has 1 atom stereocenters. The van der Waals surface area contributed by atoms with Crippen LogP contribution >= 0.6 is 0 Å². The van der Waals surface area contributed by atoms with Crippen LogP contribution in [0.2, 0.25) is 11.0 Å². The number of carboxylic acids is 1. The summed E-state index contributed by atoms with van der Waals surface area (Å²) in [6, 6.07) is 0. The molecule has 6 radical (unpaired) electrons. The molecule has 2 nitrogen and oxygen atoms in total. The standard InChI is InChI=1S/C6H9B3O2/c1-3(2)6(8,9)4(7)5(10)11/h3-4H,1-2H3,(H,10,11). The third-order valence-corrected chi connectivity index (χ3v) is 1.80. The highest BCUT2D eigenvalue weighted by Gasteiger charge is 2.32. The molecular formula is C6H9B3O2. The Morgan fingerprint density at radius 2 is 1.82 bits per heavy atom. The van der Waals surface area contributed by atoms with Gasteiger partial charge >= 0.3 is 0 Å². The van der Waals surface area contributed by atoms with Gasteiger partial charge in [-0.15, -0.1) is 0 Å². The summed E-state index contributed by atoms with van der Waals surface area (Å²) < 4.78 is 0. The zero-order valence-corrected chi connectivity index (χ0v) is 6.74. The van der Waals surface area contributed by atoms with Crippen molar-refractivity contribution < 1.29 is 9.90 Å². The summed E-state index contributed by atoms with van der Waals surface area (Å²) in [5.41, 5.74) is 0. The summed E-state index contributed by atoms with van der Waals surface area (Å²) in [4.78, 5) is 10.4. The van der Waals surface area contributed by atoms with Crippen LogP contribution in [-0.2, 0) is 4.79 Å². The largest absolute Gasteiger partial charge is 0.482 e. The first-order valence-electron chi connectivity index (χ1n) is 3.36. The highest BCUT2D eigenvalue weighted by Crippen LogP contribution is 2.38. The van der Waals surface area contributed by atoms with Crippen LogP contribution in [0.4, 0.5) is 0 Å². The SMILES string of the molecule is [B]C(C(=O)O)C([B])([B])C(C)C. The lowest BCUT2D eigenvalue weighted by Gasteiger charge is -2.34. The summed E-state index contributed by atoms with van der Waals surface area (Å²) >= 11 is 0. The molecule has 0 heterocycles. The molecule has 11 heavy (non-hydrogen) atoms. The van der Waals surface area contributed by atoms with Gasteiger partial charge in [-0.25, -0.2) is 0 Å².